The zero-order valence-electron chi connectivity index (χ0n) is 21.1. The zero-order valence-corrected chi connectivity index (χ0v) is 21.1. The number of ether oxygens (including phenoxy) is 3. The number of carbonyl (C=O) groups excluding carboxylic acids is 2. The van der Waals surface area contributed by atoms with E-state index in [4.69, 9.17) is 14.2 Å². The second-order valence-electron chi connectivity index (χ2n) is 9.76. The van der Waals surface area contributed by atoms with Crippen LogP contribution in [0.25, 0.3) is 11.0 Å². The van der Waals surface area contributed by atoms with Crippen molar-refractivity contribution in [1.82, 2.24) is 19.4 Å². The number of aromatic nitrogens is 3. The SMILES string of the molecule is COc1cnc2ccc(=O)n(CCN(C)[C@H]3CC[C@H]4[C@@H](C3)OC(=O)N4c3ccc4c(n3)NC(=O)CO4)c2c1. The minimum atomic E-state index is -0.442. The van der Waals surface area contributed by atoms with E-state index in [0.717, 1.165) is 23.9 Å². The maximum atomic E-state index is 12.9. The topological polar surface area (TPSA) is 128 Å². The van der Waals surface area contributed by atoms with Gasteiger partial charge in [-0.3, -0.25) is 19.5 Å². The number of likely N-dealkylation sites (N-methyl/N-ethyl adjacent to an activating group) is 1. The van der Waals surface area contributed by atoms with Crippen LogP contribution in [0.5, 0.6) is 11.5 Å². The normalized spacial score (nSPS) is 22.5. The van der Waals surface area contributed by atoms with Gasteiger partial charge in [-0.15, -0.1) is 0 Å². The molecule has 0 aromatic carbocycles. The molecule has 2 amide bonds. The van der Waals surface area contributed by atoms with Crippen LogP contribution in [0.3, 0.4) is 0 Å². The van der Waals surface area contributed by atoms with Crippen molar-refractivity contribution in [2.75, 3.05) is 37.5 Å². The predicted molar refractivity (Wildman–Crippen MR) is 138 cm³/mol. The number of hydrogen-bond acceptors (Lipinski definition) is 9. The monoisotopic (exact) mass is 520 g/mol. The standard InChI is InChI=1S/C26H28N6O6/c1-30(9-10-31-19-12-16(36-2)13-27-17(19)4-8-24(31)34)15-3-5-18-21(11-15)38-26(35)32(18)22-7-6-20-25(28-22)29-23(33)14-37-20/h4,6-8,12-13,15,18,21H,3,5,9-11,14H2,1-2H3,(H,28,29,33)/t15-,18-,21+/m0/s1. The summed E-state index contributed by atoms with van der Waals surface area (Å²) in [5, 5.41) is 2.69. The van der Waals surface area contributed by atoms with Gasteiger partial charge in [0.1, 0.15) is 17.7 Å². The lowest BCUT2D eigenvalue weighted by molar-refractivity contribution is -0.118. The van der Waals surface area contributed by atoms with Crippen LogP contribution < -0.4 is 25.2 Å². The maximum absolute atomic E-state index is 12.9. The van der Waals surface area contributed by atoms with Gasteiger partial charge in [0, 0.05) is 37.7 Å². The number of nitrogens with zero attached hydrogens (tertiary/aromatic N) is 5. The number of nitrogens with one attached hydrogen (secondary N) is 1. The van der Waals surface area contributed by atoms with E-state index in [0.29, 0.717) is 42.6 Å². The van der Waals surface area contributed by atoms with Crippen molar-refractivity contribution in [3.8, 4) is 11.5 Å². The summed E-state index contributed by atoms with van der Waals surface area (Å²) >= 11 is 0. The van der Waals surface area contributed by atoms with Gasteiger partial charge < -0.3 is 29.0 Å². The number of carbonyl (C=O) groups is 2. The number of hydrogen-bond donors (Lipinski definition) is 1. The first-order valence-electron chi connectivity index (χ1n) is 12.6. The Morgan fingerprint density at radius 1 is 1.18 bits per heavy atom. The first kappa shape index (κ1) is 24.2. The van der Waals surface area contributed by atoms with Crippen LogP contribution in [0, 0.1) is 0 Å². The predicted octanol–water partition coefficient (Wildman–Crippen LogP) is 2.01. The molecule has 5 heterocycles. The third-order valence-corrected chi connectivity index (χ3v) is 7.56. The maximum Gasteiger partial charge on any atom is 0.416 e. The molecule has 3 aliphatic rings. The van der Waals surface area contributed by atoms with Crippen molar-refractivity contribution in [2.24, 2.45) is 0 Å². The van der Waals surface area contributed by atoms with Crippen LogP contribution in [0.15, 0.2) is 41.3 Å². The Bertz CT molecular complexity index is 1470. The van der Waals surface area contributed by atoms with Crippen molar-refractivity contribution in [3.05, 3.63) is 46.9 Å². The lowest BCUT2D eigenvalue weighted by Crippen LogP contribution is -2.47. The van der Waals surface area contributed by atoms with Gasteiger partial charge in [-0.05, 0) is 38.1 Å². The van der Waals surface area contributed by atoms with Gasteiger partial charge >= 0.3 is 6.09 Å². The first-order chi connectivity index (χ1) is 18.4. The molecule has 1 saturated carbocycles. The van der Waals surface area contributed by atoms with Crippen LogP contribution in [0.4, 0.5) is 16.4 Å². The van der Waals surface area contributed by atoms with Crippen molar-refractivity contribution in [1.29, 1.82) is 0 Å². The minimum Gasteiger partial charge on any atom is -0.495 e. The highest BCUT2D eigenvalue weighted by Crippen LogP contribution is 2.38. The molecule has 0 unspecified atom stereocenters. The van der Waals surface area contributed by atoms with E-state index >= 15 is 0 Å². The van der Waals surface area contributed by atoms with Gasteiger partial charge in [0.25, 0.3) is 11.5 Å². The number of fused-ring (bicyclic) bond motifs is 3. The molecule has 3 aromatic heterocycles. The van der Waals surface area contributed by atoms with Crippen molar-refractivity contribution in [3.63, 3.8) is 0 Å². The first-order valence-corrected chi connectivity index (χ1v) is 12.6. The van der Waals surface area contributed by atoms with E-state index in [1.165, 1.54) is 6.07 Å². The Labute approximate surface area is 218 Å². The molecule has 3 atom stereocenters. The molecule has 0 bridgehead atoms. The van der Waals surface area contributed by atoms with Crippen LogP contribution in [0.2, 0.25) is 0 Å². The summed E-state index contributed by atoms with van der Waals surface area (Å²) in [6.45, 7) is 1.08. The summed E-state index contributed by atoms with van der Waals surface area (Å²) in [4.78, 5) is 49.9. The average molecular weight is 521 g/mol. The van der Waals surface area contributed by atoms with E-state index < -0.39 is 6.09 Å². The van der Waals surface area contributed by atoms with Gasteiger partial charge in [0.2, 0.25) is 0 Å². The van der Waals surface area contributed by atoms with Gasteiger partial charge in [0.15, 0.2) is 18.2 Å². The van der Waals surface area contributed by atoms with Gasteiger partial charge in [-0.2, -0.15) is 0 Å². The second kappa shape index (κ2) is 9.60. The van der Waals surface area contributed by atoms with E-state index in [2.05, 4.69) is 20.2 Å². The quantitative estimate of drug-likeness (QED) is 0.519. The third-order valence-electron chi connectivity index (χ3n) is 7.56. The second-order valence-corrected chi connectivity index (χ2v) is 9.76. The van der Waals surface area contributed by atoms with Gasteiger partial charge in [-0.1, -0.05) is 0 Å². The number of pyridine rings is 3. The smallest absolute Gasteiger partial charge is 0.416 e. The number of amides is 2. The summed E-state index contributed by atoms with van der Waals surface area (Å²) in [7, 11) is 3.60. The highest BCUT2D eigenvalue weighted by atomic mass is 16.6. The van der Waals surface area contributed by atoms with Crippen LogP contribution in [-0.2, 0) is 16.1 Å². The summed E-state index contributed by atoms with van der Waals surface area (Å²) in [5.41, 5.74) is 1.37. The van der Waals surface area contributed by atoms with Crippen molar-refractivity contribution in [2.45, 2.75) is 44.0 Å². The zero-order chi connectivity index (χ0) is 26.4. The van der Waals surface area contributed by atoms with E-state index in [1.807, 2.05) is 13.1 Å². The largest absolute Gasteiger partial charge is 0.495 e. The molecule has 3 aromatic rings. The molecule has 0 radical (unpaired) electrons. The number of rotatable bonds is 6. The van der Waals surface area contributed by atoms with Crippen molar-refractivity contribution >= 4 is 34.7 Å². The Kier molecular flexibility index (Phi) is 6.10. The molecular formula is C26H28N6O6. The summed E-state index contributed by atoms with van der Waals surface area (Å²) in [5.74, 6) is 1.52. The Hall–Kier alpha value is -4.19. The Morgan fingerprint density at radius 3 is 2.89 bits per heavy atom. The molecule has 1 saturated heterocycles. The van der Waals surface area contributed by atoms with Gasteiger partial charge in [0.05, 0.1) is 30.4 Å². The van der Waals surface area contributed by atoms with Crippen LogP contribution >= 0.6 is 0 Å². The summed E-state index contributed by atoms with van der Waals surface area (Å²) < 4.78 is 18.2. The molecule has 12 nitrogen and oxygen atoms in total. The molecule has 1 N–H and O–H groups in total. The molecule has 0 spiro atoms. The lowest BCUT2D eigenvalue weighted by Gasteiger charge is -2.37. The van der Waals surface area contributed by atoms with E-state index in [1.54, 1.807) is 41.0 Å². The Morgan fingerprint density at radius 2 is 2.05 bits per heavy atom. The van der Waals surface area contributed by atoms with E-state index in [9.17, 15) is 14.4 Å². The average Bonchev–Trinajstić information content (AvgIpc) is 3.26. The summed E-state index contributed by atoms with van der Waals surface area (Å²) in [6.07, 6.45) is 3.19. The van der Waals surface area contributed by atoms with Gasteiger partial charge in [-0.25, -0.2) is 9.78 Å². The minimum absolute atomic E-state index is 0.0560. The summed E-state index contributed by atoms with van der Waals surface area (Å²) in [6, 6.07) is 8.54. The molecule has 198 valence electrons. The molecule has 6 rings (SSSR count). The molecule has 12 heteroatoms. The number of anilines is 2. The molecule has 2 fully saturated rings. The van der Waals surface area contributed by atoms with Crippen molar-refractivity contribution < 1.29 is 23.8 Å². The van der Waals surface area contributed by atoms with E-state index in [-0.39, 0.29) is 36.3 Å². The molecular weight excluding hydrogens is 492 g/mol. The number of methoxy groups -OCH3 is 1. The molecule has 2 aliphatic heterocycles. The molecule has 38 heavy (non-hydrogen) atoms. The fourth-order valence-electron chi connectivity index (χ4n) is 5.52. The highest BCUT2D eigenvalue weighted by molar-refractivity contribution is 5.95. The lowest BCUT2D eigenvalue weighted by atomic mass is 9.87. The van der Waals surface area contributed by atoms with Crippen LogP contribution in [0.1, 0.15) is 19.3 Å². The third kappa shape index (κ3) is 4.30. The Balaban J connectivity index is 1.14. The highest BCUT2D eigenvalue weighted by Gasteiger charge is 2.47. The fourth-order valence-corrected chi connectivity index (χ4v) is 5.52. The molecule has 1 aliphatic carbocycles. The van der Waals surface area contributed by atoms with Crippen LogP contribution in [-0.4, -0.2) is 76.9 Å². The fraction of sp³-hybridized carbons (Fsp3) is 0.423.